The fourth-order valence-electron chi connectivity index (χ4n) is 2.14. The topological polar surface area (TPSA) is 49.8 Å². The Bertz CT molecular complexity index is 365. The molecule has 4 heteroatoms. The van der Waals surface area contributed by atoms with E-state index in [2.05, 4.69) is 41.4 Å². The summed E-state index contributed by atoms with van der Waals surface area (Å²) in [5.41, 5.74) is 0. The van der Waals surface area contributed by atoms with Crippen LogP contribution in [0.15, 0.2) is 6.07 Å². The predicted molar refractivity (Wildman–Crippen MR) is 87.4 cm³/mol. The first-order chi connectivity index (χ1) is 9.80. The Morgan fingerprint density at radius 2 is 1.50 bits per heavy atom. The molecule has 0 unspecified atom stereocenters. The highest BCUT2D eigenvalue weighted by Gasteiger charge is 2.02. The minimum Gasteiger partial charge on any atom is -0.370 e. The van der Waals surface area contributed by atoms with Crippen molar-refractivity contribution in [1.29, 1.82) is 0 Å². The van der Waals surface area contributed by atoms with E-state index in [0.717, 1.165) is 37.0 Å². The summed E-state index contributed by atoms with van der Waals surface area (Å²) in [6.07, 6.45) is 8.78. The van der Waals surface area contributed by atoms with Gasteiger partial charge in [-0.15, -0.1) is 0 Å². The quantitative estimate of drug-likeness (QED) is 0.594. The Morgan fingerprint density at radius 1 is 0.850 bits per heavy atom. The summed E-state index contributed by atoms with van der Waals surface area (Å²) in [5, 5.41) is 6.67. The Hall–Kier alpha value is -1.32. The maximum absolute atomic E-state index is 4.52. The van der Waals surface area contributed by atoms with E-state index in [4.69, 9.17) is 0 Å². The zero-order valence-corrected chi connectivity index (χ0v) is 13.3. The van der Waals surface area contributed by atoms with Crippen molar-refractivity contribution < 1.29 is 0 Å². The summed E-state index contributed by atoms with van der Waals surface area (Å²) in [6.45, 7) is 8.30. The standard InChI is InChI=1S/C16H30N4/c1-4-7-8-9-10-11-12-18-16-13-15(17-6-3)19-14(5-2)20-16/h13H,4-12H2,1-3H3,(H2,17,18,19,20). The van der Waals surface area contributed by atoms with Crippen LogP contribution in [-0.2, 0) is 6.42 Å². The number of aryl methyl sites for hydroxylation is 1. The molecule has 1 aromatic rings. The van der Waals surface area contributed by atoms with Crippen LogP contribution in [0.3, 0.4) is 0 Å². The van der Waals surface area contributed by atoms with Crippen LogP contribution in [-0.4, -0.2) is 23.1 Å². The number of anilines is 2. The lowest BCUT2D eigenvalue weighted by molar-refractivity contribution is 0.616. The van der Waals surface area contributed by atoms with Crippen molar-refractivity contribution in [2.75, 3.05) is 23.7 Å². The van der Waals surface area contributed by atoms with Crippen LogP contribution in [0.2, 0.25) is 0 Å². The molecule has 0 bridgehead atoms. The maximum Gasteiger partial charge on any atom is 0.132 e. The molecule has 1 rings (SSSR count). The second kappa shape index (κ2) is 10.5. The van der Waals surface area contributed by atoms with Gasteiger partial charge in [0.15, 0.2) is 0 Å². The van der Waals surface area contributed by atoms with Crippen LogP contribution >= 0.6 is 0 Å². The molecule has 0 fully saturated rings. The Morgan fingerprint density at radius 3 is 2.15 bits per heavy atom. The third-order valence-electron chi connectivity index (χ3n) is 3.28. The van der Waals surface area contributed by atoms with Crippen LogP contribution in [0.1, 0.15) is 65.1 Å². The first-order valence-electron chi connectivity index (χ1n) is 8.15. The molecule has 1 aromatic heterocycles. The summed E-state index contributed by atoms with van der Waals surface area (Å²) >= 11 is 0. The van der Waals surface area contributed by atoms with Gasteiger partial charge in [-0.1, -0.05) is 46.0 Å². The number of hydrogen-bond donors (Lipinski definition) is 2. The van der Waals surface area contributed by atoms with Crippen LogP contribution < -0.4 is 10.6 Å². The van der Waals surface area contributed by atoms with Gasteiger partial charge in [-0.3, -0.25) is 0 Å². The molecule has 2 N–H and O–H groups in total. The smallest absolute Gasteiger partial charge is 0.132 e. The molecular formula is C16H30N4. The van der Waals surface area contributed by atoms with Gasteiger partial charge in [-0.25, -0.2) is 9.97 Å². The molecule has 0 amide bonds. The van der Waals surface area contributed by atoms with Crippen LogP contribution in [0.4, 0.5) is 11.6 Å². The highest BCUT2D eigenvalue weighted by atomic mass is 15.1. The predicted octanol–water partition coefficient (Wildman–Crippen LogP) is 4.24. The van der Waals surface area contributed by atoms with E-state index < -0.39 is 0 Å². The molecule has 20 heavy (non-hydrogen) atoms. The number of hydrogen-bond acceptors (Lipinski definition) is 4. The van der Waals surface area contributed by atoms with Gasteiger partial charge in [0.25, 0.3) is 0 Å². The third kappa shape index (κ3) is 6.73. The van der Waals surface area contributed by atoms with E-state index in [1.165, 1.54) is 38.5 Å². The van der Waals surface area contributed by atoms with Gasteiger partial charge in [-0.05, 0) is 13.3 Å². The van der Waals surface area contributed by atoms with Gasteiger partial charge in [0.05, 0.1) is 0 Å². The van der Waals surface area contributed by atoms with E-state index in [1.54, 1.807) is 0 Å². The Labute approximate surface area is 123 Å². The van der Waals surface area contributed by atoms with Gasteiger partial charge in [0.2, 0.25) is 0 Å². The fourth-order valence-corrected chi connectivity index (χ4v) is 2.14. The molecule has 0 aliphatic rings. The highest BCUT2D eigenvalue weighted by Crippen LogP contribution is 2.12. The van der Waals surface area contributed by atoms with Crippen LogP contribution in [0.5, 0.6) is 0 Å². The average molecular weight is 278 g/mol. The normalized spacial score (nSPS) is 10.6. The summed E-state index contributed by atoms with van der Waals surface area (Å²) < 4.78 is 0. The van der Waals surface area contributed by atoms with Crippen molar-refractivity contribution in [3.8, 4) is 0 Å². The van der Waals surface area contributed by atoms with Crippen molar-refractivity contribution in [2.24, 2.45) is 0 Å². The van der Waals surface area contributed by atoms with Gasteiger partial charge in [-0.2, -0.15) is 0 Å². The zero-order chi connectivity index (χ0) is 14.6. The number of nitrogens with zero attached hydrogens (tertiary/aromatic N) is 2. The fraction of sp³-hybridized carbons (Fsp3) is 0.750. The minimum absolute atomic E-state index is 0.866. The minimum atomic E-state index is 0.866. The molecule has 0 saturated carbocycles. The van der Waals surface area contributed by atoms with Crippen molar-refractivity contribution in [3.63, 3.8) is 0 Å². The first kappa shape index (κ1) is 16.7. The maximum atomic E-state index is 4.52. The molecule has 0 aliphatic heterocycles. The lowest BCUT2D eigenvalue weighted by Crippen LogP contribution is -2.08. The van der Waals surface area contributed by atoms with E-state index in [0.29, 0.717) is 0 Å². The summed E-state index contributed by atoms with van der Waals surface area (Å²) in [4.78, 5) is 8.98. The lowest BCUT2D eigenvalue weighted by atomic mass is 10.1. The summed E-state index contributed by atoms with van der Waals surface area (Å²) in [7, 11) is 0. The molecule has 1 heterocycles. The van der Waals surface area contributed by atoms with E-state index in [-0.39, 0.29) is 0 Å². The largest absolute Gasteiger partial charge is 0.370 e. The second-order valence-corrected chi connectivity index (χ2v) is 5.13. The van der Waals surface area contributed by atoms with E-state index in [9.17, 15) is 0 Å². The molecule has 0 aromatic carbocycles. The third-order valence-corrected chi connectivity index (χ3v) is 3.28. The molecule has 0 aliphatic carbocycles. The molecule has 0 saturated heterocycles. The van der Waals surface area contributed by atoms with Crippen molar-refractivity contribution in [3.05, 3.63) is 11.9 Å². The molecule has 0 atom stereocenters. The SMILES string of the molecule is CCCCCCCCNc1cc(NCC)nc(CC)n1. The highest BCUT2D eigenvalue weighted by molar-refractivity contribution is 5.47. The summed E-state index contributed by atoms with van der Waals surface area (Å²) in [5.74, 6) is 2.76. The second-order valence-electron chi connectivity index (χ2n) is 5.13. The number of rotatable bonds is 11. The monoisotopic (exact) mass is 278 g/mol. The number of nitrogens with one attached hydrogen (secondary N) is 2. The zero-order valence-electron chi connectivity index (χ0n) is 13.3. The van der Waals surface area contributed by atoms with Gasteiger partial charge in [0, 0.05) is 25.6 Å². The van der Waals surface area contributed by atoms with Crippen molar-refractivity contribution in [1.82, 2.24) is 9.97 Å². The number of unbranched alkanes of at least 4 members (excludes halogenated alkanes) is 5. The lowest BCUT2D eigenvalue weighted by Gasteiger charge is -2.10. The van der Waals surface area contributed by atoms with Crippen LogP contribution in [0, 0.1) is 0 Å². The molecular weight excluding hydrogens is 248 g/mol. The molecule has 0 radical (unpaired) electrons. The van der Waals surface area contributed by atoms with Crippen LogP contribution in [0.25, 0.3) is 0 Å². The van der Waals surface area contributed by atoms with Gasteiger partial charge < -0.3 is 10.6 Å². The first-order valence-corrected chi connectivity index (χ1v) is 8.15. The average Bonchev–Trinajstić information content (AvgIpc) is 2.46. The van der Waals surface area contributed by atoms with E-state index >= 15 is 0 Å². The van der Waals surface area contributed by atoms with Gasteiger partial charge in [0.1, 0.15) is 17.5 Å². The summed E-state index contributed by atoms with van der Waals surface area (Å²) in [6, 6.07) is 2.00. The van der Waals surface area contributed by atoms with Crippen molar-refractivity contribution in [2.45, 2.75) is 65.7 Å². The Kier molecular flexibility index (Phi) is 8.76. The Balaban J connectivity index is 2.33. The molecule has 0 spiro atoms. The van der Waals surface area contributed by atoms with Gasteiger partial charge >= 0.3 is 0 Å². The molecule has 114 valence electrons. The number of aromatic nitrogens is 2. The molecule has 4 nitrogen and oxygen atoms in total. The van der Waals surface area contributed by atoms with E-state index in [1.807, 2.05) is 6.07 Å². The van der Waals surface area contributed by atoms with Crippen molar-refractivity contribution >= 4 is 11.6 Å².